The molecule has 0 bridgehead atoms. The molecule has 5 rings (SSSR count). The van der Waals surface area contributed by atoms with E-state index in [0.717, 1.165) is 55.6 Å². The molecule has 2 aliphatic rings. The third-order valence-electron chi connectivity index (χ3n) is 7.56. The highest BCUT2D eigenvalue weighted by atomic mass is 16.5. The number of nitrogens with zero attached hydrogens (tertiary/aromatic N) is 4. The van der Waals surface area contributed by atoms with Crippen LogP contribution in [0, 0.1) is 0 Å². The first kappa shape index (κ1) is 24.6. The van der Waals surface area contributed by atoms with Gasteiger partial charge < -0.3 is 24.6 Å². The van der Waals surface area contributed by atoms with E-state index in [1.165, 1.54) is 0 Å². The molecule has 1 aliphatic carbocycles. The predicted molar refractivity (Wildman–Crippen MR) is 138 cm³/mol. The number of pyridine rings is 1. The highest BCUT2D eigenvalue weighted by Crippen LogP contribution is 2.41. The van der Waals surface area contributed by atoms with Crippen LogP contribution in [-0.4, -0.2) is 75.4 Å². The Kier molecular flexibility index (Phi) is 7.46. The first-order chi connectivity index (χ1) is 17.6. The molecule has 0 spiro atoms. The summed E-state index contributed by atoms with van der Waals surface area (Å²) in [5, 5.41) is 15.0. The number of nitrogens with one attached hydrogen (secondary N) is 1. The lowest BCUT2D eigenvalue weighted by Gasteiger charge is -2.41. The van der Waals surface area contributed by atoms with Crippen molar-refractivity contribution in [3.63, 3.8) is 0 Å². The zero-order valence-electron chi connectivity index (χ0n) is 20.8. The first-order valence-electron chi connectivity index (χ1n) is 12.8. The van der Waals surface area contributed by atoms with E-state index in [4.69, 9.17) is 9.72 Å². The van der Waals surface area contributed by atoms with E-state index in [-0.39, 0.29) is 24.6 Å². The molecule has 2 fully saturated rings. The Hall–Kier alpha value is -3.07. The lowest BCUT2D eigenvalue weighted by molar-refractivity contribution is -0.0893. The number of hydrogen-bond acceptors (Lipinski definition) is 6. The van der Waals surface area contributed by atoms with E-state index in [1.54, 1.807) is 25.8 Å². The van der Waals surface area contributed by atoms with Crippen LogP contribution in [0.15, 0.2) is 61.2 Å². The Morgan fingerprint density at radius 2 is 2.00 bits per heavy atom. The predicted octanol–water partition coefficient (Wildman–Crippen LogP) is 3.09. The zero-order valence-corrected chi connectivity index (χ0v) is 20.8. The van der Waals surface area contributed by atoms with Gasteiger partial charge >= 0.3 is 0 Å². The van der Waals surface area contributed by atoms with Gasteiger partial charge in [0.1, 0.15) is 5.60 Å². The molecule has 2 N–H and O–H groups in total. The smallest absolute Gasteiger partial charge is 0.275 e. The molecule has 1 aromatic carbocycles. The van der Waals surface area contributed by atoms with Crippen molar-refractivity contribution in [2.75, 3.05) is 33.4 Å². The first-order valence-corrected chi connectivity index (χ1v) is 12.8. The van der Waals surface area contributed by atoms with E-state index in [1.807, 2.05) is 51.9 Å². The maximum absolute atomic E-state index is 14.1. The monoisotopic (exact) mass is 489 g/mol. The van der Waals surface area contributed by atoms with Crippen LogP contribution >= 0.6 is 0 Å². The zero-order chi connectivity index (χ0) is 25.0. The molecule has 36 heavy (non-hydrogen) atoms. The van der Waals surface area contributed by atoms with Gasteiger partial charge in [0.2, 0.25) is 0 Å². The van der Waals surface area contributed by atoms with Crippen molar-refractivity contribution in [1.29, 1.82) is 0 Å². The van der Waals surface area contributed by atoms with Crippen LogP contribution in [-0.2, 0) is 11.2 Å². The summed E-state index contributed by atoms with van der Waals surface area (Å²) in [6, 6.07) is 13.7. The lowest BCUT2D eigenvalue weighted by Crippen LogP contribution is -2.54. The fourth-order valence-electron chi connectivity index (χ4n) is 5.79. The molecule has 3 atom stereocenters. The average molecular weight is 490 g/mol. The van der Waals surface area contributed by atoms with Crippen LogP contribution in [0.5, 0.6) is 0 Å². The topological polar surface area (TPSA) is 92.5 Å². The highest BCUT2D eigenvalue weighted by molar-refractivity contribution is 5.98. The van der Waals surface area contributed by atoms with Crippen molar-refractivity contribution in [2.24, 2.45) is 0 Å². The van der Waals surface area contributed by atoms with Crippen LogP contribution in [0.1, 0.15) is 47.8 Å². The number of hydrogen-bond donors (Lipinski definition) is 2. The van der Waals surface area contributed by atoms with Gasteiger partial charge in [0.15, 0.2) is 5.69 Å². The van der Waals surface area contributed by atoms with Crippen LogP contribution in [0.4, 0.5) is 0 Å². The van der Waals surface area contributed by atoms with E-state index in [9.17, 15) is 9.90 Å². The van der Waals surface area contributed by atoms with Crippen LogP contribution in [0.2, 0.25) is 0 Å². The fourth-order valence-corrected chi connectivity index (χ4v) is 5.79. The summed E-state index contributed by atoms with van der Waals surface area (Å²) in [6.45, 7) is 2.34. The molecular weight excluding hydrogens is 454 g/mol. The minimum Gasteiger partial charge on any atom is -0.385 e. The standard InChI is InChI=1S/C28H35N5O3/c1-36-19-28(35)12-6-5-9-24(28)33-20-31-25(26(33)22-7-3-2-4-8-22)27(34)32-16-15-30-18-23(32)17-21-10-13-29-14-11-21/h2-4,7-8,10-11,13-14,20,23-24,30,35H,5-6,9,12,15-19H2,1H3/t23-,24-,28-/m1/s1. The van der Waals surface area contributed by atoms with E-state index < -0.39 is 5.60 Å². The Morgan fingerprint density at radius 3 is 2.78 bits per heavy atom. The van der Waals surface area contributed by atoms with Crippen molar-refractivity contribution in [3.05, 3.63) is 72.4 Å². The Morgan fingerprint density at radius 1 is 1.19 bits per heavy atom. The number of amides is 1. The summed E-state index contributed by atoms with van der Waals surface area (Å²) >= 11 is 0. The van der Waals surface area contributed by atoms with Crippen molar-refractivity contribution in [2.45, 2.75) is 49.8 Å². The van der Waals surface area contributed by atoms with E-state index >= 15 is 0 Å². The van der Waals surface area contributed by atoms with Crippen molar-refractivity contribution in [1.82, 2.24) is 24.8 Å². The Balaban J connectivity index is 1.53. The Bertz CT molecular complexity index is 1150. The van der Waals surface area contributed by atoms with Gasteiger partial charge in [0.25, 0.3) is 5.91 Å². The number of benzene rings is 1. The normalized spacial score (nSPS) is 24.6. The van der Waals surface area contributed by atoms with E-state index in [2.05, 4.69) is 10.3 Å². The Labute approximate surface area is 212 Å². The second-order valence-corrected chi connectivity index (χ2v) is 9.93. The molecule has 1 aliphatic heterocycles. The van der Waals surface area contributed by atoms with Crippen LogP contribution in [0.25, 0.3) is 11.3 Å². The van der Waals surface area contributed by atoms with Crippen molar-refractivity contribution >= 4 is 5.91 Å². The number of ether oxygens (including phenoxy) is 1. The van der Waals surface area contributed by atoms with Crippen LogP contribution < -0.4 is 5.32 Å². The molecule has 2 aromatic heterocycles. The molecule has 1 amide bonds. The van der Waals surface area contributed by atoms with Crippen molar-refractivity contribution < 1.29 is 14.6 Å². The minimum absolute atomic E-state index is 0.0162. The number of piperazine rings is 1. The summed E-state index contributed by atoms with van der Waals surface area (Å²) in [5.41, 5.74) is 2.27. The van der Waals surface area contributed by atoms with Gasteiger partial charge in [-0.3, -0.25) is 9.78 Å². The fraction of sp³-hybridized carbons (Fsp3) is 0.464. The summed E-state index contributed by atoms with van der Waals surface area (Å²) < 4.78 is 7.46. The molecule has 190 valence electrons. The third kappa shape index (κ3) is 4.93. The molecule has 3 heterocycles. The van der Waals surface area contributed by atoms with Gasteiger partial charge in [-0.15, -0.1) is 0 Å². The molecule has 3 aromatic rings. The molecule has 0 radical (unpaired) electrons. The van der Waals surface area contributed by atoms with Gasteiger partial charge in [-0.2, -0.15) is 0 Å². The SMILES string of the molecule is COC[C@]1(O)CCCC[C@H]1n1cnc(C(=O)N2CCNC[C@H]2Cc2ccncc2)c1-c1ccccc1. The quantitative estimate of drug-likeness (QED) is 0.530. The largest absolute Gasteiger partial charge is 0.385 e. The number of aromatic nitrogens is 3. The molecule has 0 unspecified atom stereocenters. The second-order valence-electron chi connectivity index (χ2n) is 9.93. The van der Waals surface area contributed by atoms with E-state index in [0.29, 0.717) is 18.7 Å². The molecular formula is C28H35N5O3. The summed E-state index contributed by atoms with van der Waals surface area (Å²) in [5.74, 6) is -0.0701. The van der Waals surface area contributed by atoms with Gasteiger partial charge in [0.05, 0.1) is 24.7 Å². The van der Waals surface area contributed by atoms with Crippen molar-refractivity contribution in [3.8, 4) is 11.3 Å². The van der Waals surface area contributed by atoms with Gasteiger partial charge in [-0.1, -0.05) is 43.2 Å². The minimum atomic E-state index is -1.00. The number of methoxy groups -OCH3 is 1. The summed E-state index contributed by atoms with van der Waals surface area (Å²) in [7, 11) is 1.62. The molecule has 1 saturated carbocycles. The molecule has 8 nitrogen and oxygen atoms in total. The molecule has 8 heteroatoms. The summed E-state index contributed by atoms with van der Waals surface area (Å²) in [6.07, 6.45) is 9.50. The maximum atomic E-state index is 14.1. The second kappa shape index (κ2) is 10.9. The number of carbonyl (C=O) groups is 1. The van der Waals surface area contributed by atoms with Gasteiger partial charge in [0, 0.05) is 50.7 Å². The highest BCUT2D eigenvalue weighted by Gasteiger charge is 2.42. The average Bonchev–Trinajstić information content (AvgIpc) is 3.35. The number of carbonyl (C=O) groups excluding carboxylic acids is 1. The number of imidazole rings is 1. The lowest BCUT2D eigenvalue weighted by atomic mass is 9.80. The number of rotatable bonds is 7. The van der Waals surface area contributed by atoms with Crippen LogP contribution in [0.3, 0.4) is 0 Å². The maximum Gasteiger partial charge on any atom is 0.275 e. The molecule has 1 saturated heterocycles. The third-order valence-corrected chi connectivity index (χ3v) is 7.56. The van der Waals surface area contributed by atoms with Gasteiger partial charge in [-0.05, 0) is 37.0 Å². The van der Waals surface area contributed by atoms with Gasteiger partial charge in [-0.25, -0.2) is 4.98 Å². The number of aliphatic hydroxyl groups is 1. The summed E-state index contributed by atoms with van der Waals surface area (Å²) in [4.78, 5) is 24.9.